The number of benzene rings is 6. The van der Waals surface area contributed by atoms with E-state index in [9.17, 15) is 0 Å². The number of hydrogen-bond donors (Lipinski definition) is 0. The van der Waals surface area contributed by atoms with Gasteiger partial charge in [0.25, 0.3) is 0 Å². The van der Waals surface area contributed by atoms with Crippen LogP contribution >= 0.6 is 0 Å². The molecule has 0 aliphatic heterocycles. The van der Waals surface area contributed by atoms with Crippen LogP contribution in [-0.4, -0.2) is 19.9 Å². The molecule has 0 aliphatic rings. The van der Waals surface area contributed by atoms with E-state index in [1.54, 1.807) is 0 Å². The van der Waals surface area contributed by atoms with Gasteiger partial charge in [-0.05, 0) is 69.4 Å². The zero-order valence-corrected chi connectivity index (χ0v) is 29.3. The molecular formula is C50H32N4. The van der Waals surface area contributed by atoms with Crippen LogP contribution < -0.4 is 0 Å². The minimum Gasteiger partial charge on any atom is -0.256 e. The van der Waals surface area contributed by atoms with Gasteiger partial charge < -0.3 is 0 Å². The van der Waals surface area contributed by atoms with Crippen LogP contribution in [0.3, 0.4) is 0 Å². The van der Waals surface area contributed by atoms with Crippen molar-refractivity contribution in [2.24, 2.45) is 0 Å². The summed E-state index contributed by atoms with van der Waals surface area (Å²) in [4.78, 5) is 20.1. The Balaban J connectivity index is 1.24. The Morgan fingerprint density at radius 2 is 0.759 bits per heavy atom. The van der Waals surface area contributed by atoms with Gasteiger partial charge >= 0.3 is 0 Å². The largest absolute Gasteiger partial charge is 0.256 e. The molecule has 10 aromatic rings. The lowest BCUT2D eigenvalue weighted by Crippen LogP contribution is -1.96. The topological polar surface area (TPSA) is 51.6 Å². The molecule has 4 heteroatoms. The van der Waals surface area contributed by atoms with Crippen molar-refractivity contribution < 1.29 is 0 Å². The van der Waals surface area contributed by atoms with Gasteiger partial charge in [-0.1, -0.05) is 146 Å². The summed E-state index contributed by atoms with van der Waals surface area (Å²) in [6.07, 6.45) is 3.67. The molecule has 0 fully saturated rings. The number of hydrogen-bond acceptors (Lipinski definition) is 4. The minimum absolute atomic E-state index is 0.867. The molecule has 252 valence electrons. The van der Waals surface area contributed by atoms with Gasteiger partial charge in [-0.2, -0.15) is 0 Å². The molecule has 0 saturated carbocycles. The minimum atomic E-state index is 0.867. The van der Waals surface area contributed by atoms with Gasteiger partial charge in [0, 0.05) is 45.4 Å². The highest BCUT2D eigenvalue weighted by Crippen LogP contribution is 2.41. The molecule has 10 rings (SSSR count). The second-order valence-corrected chi connectivity index (χ2v) is 13.4. The molecule has 0 spiro atoms. The van der Waals surface area contributed by atoms with Gasteiger partial charge in [-0.25, -0.2) is 9.97 Å². The number of pyridine rings is 4. The molecule has 0 aliphatic carbocycles. The average Bonchev–Trinajstić information content (AvgIpc) is 3.26. The Hall–Kier alpha value is -7.30. The normalized spacial score (nSPS) is 11.3. The van der Waals surface area contributed by atoms with Crippen molar-refractivity contribution in [1.29, 1.82) is 0 Å². The maximum absolute atomic E-state index is 5.52. The molecule has 0 N–H and O–H groups in total. The Morgan fingerprint density at radius 1 is 0.278 bits per heavy atom. The summed E-state index contributed by atoms with van der Waals surface area (Å²) < 4.78 is 0. The second kappa shape index (κ2) is 13.4. The van der Waals surface area contributed by atoms with Crippen molar-refractivity contribution in [3.63, 3.8) is 0 Å². The van der Waals surface area contributed by atoms with Crippen LogP contribution in [0.4, 0.5) is 0 Å². The molecule has 4 heterocycles. The summed E-state index contributed by atoms with van der Waals surface area (Å²) in [5, 5.41) is 4.44. The third-order valence-electron chi connectivity index (χ3n) is 10.2. The fraction of sp³-hybridized carbons (Fsp3) is 0. The maximum atomic E-state index is 5.52. The quantitative estimate of drug-likeness (QED) is 0.163. The SMILES string of the molecule is c1ccc(-c2cc(-c3ccc(-c4ccccn4)cc3)c3ccc4c(-c5ccc(-c6ccccn6)cc5)cc(-c5cccc6ccccc56)nc4c3n2)cc1. The van der Waals surface area contributed by atoms with Crippen molar-refractivity contribution in [1.82, 2.24) is 19.9 Å². The van der Waals surface area contributed by atoms with Crippen LogP contribution in [0.1, 0.15) is 0 Å². The van der Waals surface area contributed by atoms with Crippen LogP contribution in [0, 0.1) is 0 Å². The summed E-state index contributed by atoms with van der Waals surface area (Å²) in [5.74, 6) is 0. The molecule has 0 saturated heterocycles. The highest BCUT2D eigenvalue weighted by molar-refractivity contribution is 6.14. The molecular weight excluding hydrogens is 657 g/mol. The Labute approximate surface area is 313 Å². The smallest absolute Gasteiger partial charge is 0.0978 e. The van der Waals surface area contributed by atoms with Crippen LogP contribution in [-0.2, 0) is 0 Å². The van der Waals surface area contributed by atoms with E-state index in [-0.39, 0.29) is 0 Å². The molecule has 0 amide bonds. The molecule has 0 radical (unpaired) electrons. The predicted molar refractivity (Wildman–Crippen MR) is 223 cm³/mol. The lowest BCUT2D eigenvalue weighted by Gasteiger charge is -2.16. The molecule has 0 unspecified atom stereocenters. The van der Waals surface area contributed by atoms with Crippen LogP contribution in [0.15, 0.2) is 194 Å². The maximum Gasteiger partial charge on any atom is 0.0978 e. The van der Waals surface area contributed by atoms with Gasteiger partial charge in [0.1, 0.15) is 0 Å². The van der Waals surface area contributed by atoms with E-state index in [1.165, 1.54) is 5.39 Å². The summed E-state index contributed by atoms with van der Waals surface area (Å²) in [7, 11) is 0. The first kappa shape index (κ1) is 31.4. The van der Waals surface area contributed by atoms with Crippen molar-refractivity contribution in [3.8, 4) is 67.3 Å². The van der Waals surface area contributed by atoms with Gasteiger partial charge in [-0.3, -0.25) is 9.97 Å². The second-order valence-electron chi connectivity index (χ2n) is 13.4. The summed E-state index contributed by atoms with van der Waals surface area (Å²) in [6.45, 7) is 0. The highest BCUT2D eigenvalue weighted by Gasteiger charge is 2.18. The van der Waals surface area contributed by atoms with Crippen LogP contribution in [0.2, 0.25) is 0 Å². The van der Waals surface area contributed by atoms with E-state index in [0.29, 0.717) is 0 Å². The monoisotopic (exact) mass is 688 g/mol. The van der Waals surface area contributed by atoms with E-state index < -0.39 is 0 Å². The first-order valence-corrected chi connectivity index (χ1v) is 18.1. The molecule has 0 bridgehead atoms. The van der Waals surface area contributed by atoms with E-state index in [4.69, 9.17) is 9.97 Å². The average molecular weight is 689 g/mol. The van der Waals surface area contributed by atoms with E-state index in [2.05, 4.69) is 149 Å². The Bertz CT molecular complexity index is 2940. The predicted octanol–water partition coefficient (Wildman–Crippen LogP) is 12.7. The van der Waals surface area contributed by atoms with Gasteiger partial charge in [0.2, 0.25) is 0 Å². The number of nitrogens with zero attached hydrogens (tertiary/aromatic N) is 4. The number of aromatic nitrogens is 4. The molecule has 6 aromatic carbocycles. The lowest BCUT2D eigenvalue weighted by atomic mass is 9.92. The Morgan fingerprint density at radius 3 is 1.35 bits per heavy atom. The molecule has 54 heavy (non-hydrogen) atoms. The molecule has 4 aromatic heterocycles. The highest BCUT2D eigenvalue weighted by atomic mass is 14.8. The summed E-state index contributed by atoms with van der Waals surface area (Å²) >= 11 is 0. The van der Waals surface area contributed by atoms with Crippen LogP contribution in [0.25, 0.3) is 99.9 Å². The van der Waals surface area contributed by atoms with Crippen molar-refractivity contribution in [3.05, 3.63) is 194 Å². The molecule has 4 nitrogen and oxygen atoms in total. The van der Waals surface area contributed by atoms with Crippen molar-refractivity contribution in [2.75, 3.05) is 0 Å². The first-order valence-electron chi connectivity index (χ1n) is 18.1. The molecule has 0 atom stereocenters. The number of fused-ring (bicyclic) bond motifs is 4. The third kappa shape index (κ3) is 5.67. The van der Waals surface area contributed by atoms with Gasteiger partial charge in [0.15, 0.2) is 0 Å². The van der Waals surface area contributed by atoms with Gasteiger partial charge in [0.05, 0.1) is 33.8 Å². The van der Waals surface area contributed by atoms with E-state index in [1.807, 2.05) is 54.9 Å². The summed E-state index contributed by atoms with van der Waals surface area (Å²) in [5.41, 5.74) is 14.1. The van der Waals surface area contributed by atoms with Crippen molar-refractivity contribution in [2.45, 2.75) is 0 Å². The zero-order valence-electron chi connectivity index (χ0n) is 29.3. The van der Waals surface area contributed by atoms with Crippen molar-refractivity contribution >= 4 is 32.6 Å². The lowest BCUT2D eigenvalue weighted by molar-refractivity contribution is 1.33. The zero-order chi connectivity index (χ0) is 35.8. The first-order chi connectivity index (χ1) is 26.8. The fourth-order valence-electron chi connectivity index (χ4n) is 7.50. The Kier molecular flexibility index (Phi) is 7.77. The van der Waals surface area contributed by atoms with E-state index in [0.717, 1.165) is 94.5 Å². The van der Waals surface area contributed by atoms with Crippen LogP contribution in [0.5, 0.6) is 0 Å². The van der Waals surface area contributed by atoms with E-state index >= 15 is 0 Å². The van der Waals surface area contributed by atoms with Gasteiger partial charge in [-0.15, -0.1) is 0 Å². The number of rotatable bonds is 6. The summed E-state index contributed by atoms with van der Waals surface area (Å²) in [6, 6.07) is 63.6. The standard InChI is InChI=1S/C50H32N4/c1-2-12-36(13-3-1)47-31-43(34-19-23-37(24-20-34)45-17-6-8-29-51-45)41-27-28-42-44(35-21-25-38(26-22-35)46-18-7-9-30-52-46)32-48(54-50(42)49(41)53-47)40-16-10-14-33-11-4-5-15-39(33)40/h1-32H. The fourth-order valence-corrected chi connectivity index (χ4v) is 7.50. The third-order valence-corrected chi connectivity index (χ3v) is 10.2.